The third-order valence-electron chi connectivity index (χ3n) is 4.95. The van der Waals surface area contributed by atoms with E-state index < -0.39 is 10.0 Å². The number of terminal acetylenes is 1. The first-order valence-electron chi connectivity index (χ1n) is 9.53. The minimum absolute atomic E-state index is 0.0428. The van der Waals surface area contributed by atoms with E-state index in [4.69, 9.17) is 10.8 Å². The average molecular weight is 429 g/mol. The summed E-state index contributed by atoms with van der Waals surface area (Å²) in [6, 6.07) is 9.27. The van der Waals surface area contributed by atoms with Gasteiger partial charge in [-0.05, 0) is 49.2 Å². The number of amides is 2. The van der Waals surface area contributed by atoms with Crippen molar-refractivity contribution in [1.82, 2.24) is 14.9 Å². The van der Waals surface area contributed by atoms with Crippen molar-refractivity contribution in [2.45, 2.75) is 24.3 Å². The number of carbonyl (C=O) groups excluding carboxylic acids is 2. The molecule has 158 valence electrons. The number of hydrogen-bond acceptors (Lipinski definition) is 5. The molecule has 8 nitrogen and oxygen atoms in total. The zero-order chi connectivity index (χ0) is 21.6. The summed E-state index contributed by atoms with van der Waals surface area (Å²) in [6.45, 7) is 1.16. The largest absolute Gasteiger partial charge is 0.467 e. The van der Waals surface area contributed by atoms with E-state index in [1.54, 1.807) is 23.3 Å². The van der Waals surface area contributed by atoms with E-state index >= 15 is 0 Å². The first kappa shape index (κ1) is 21.6. The van der Waals surface area contributed by atoms with E-state index in [2.05, 4.69) is 16.0 Å². The highest BCUT2D eigenvalue weighted by molar-refractivity contribution is 7.89. The van der Waals surface area contributed by atoms with Gasteiger partial charge in [0.25, 0.3) is 5.91 Å². The van der Waals surface area contributed by atoms with Crippen LogP contribution in [0.15, 0.2) is 52.0 Å². The maximum Gasteiger partial charge on any atom is 0.253 e. The first-order chi connectivity index (χ1) is 14.4. The smallest absolute Gasteiger partial charge is 0.253 e. The molecule has 9 heteroatoms. The van der Waals surface area contributed by atoms with E-state index in [0.717, 1.165) is 0 Å². The van der Waals surface area contributed by atoms with Crippen LogP contribution in [0.1, 0.15) is 29.0 Å². The predicted octanol–water partition coefficient (Wildman–Crippen LogP) is 1.36. The summed E-state index contributed by atoms with van der Waals surface area (Å²) >= 11 is 0. The average Bonchev–Trinajstić information content (AvgIpc) is 3.29. The van der Waals surface area contributed by atoms with E-state index in [9.17, 15) is 18.0 Å². The second kappa shape index (κ2) is 9.61. The van der Waals surface area contributed by atoms with Crippen LogP contribution in [0.2, 0.25) is 0 Å². The summed E-state index contributed by atoms with van der Waals surface area (Å²) in [7, 11) is -3.70. The van der Waals surface area contributed by atoms with Crippen LogP contribution in [-0.4, -0.2) is 44.8 Å². The van der Waals surface area contributed by atoms with E-state index in [1.165, 1.54) is 24.3 Å². The van der Waals surface area contributed by atoms with Gasteiger partial charge in [-0.25, -0.2) is 8.42 Å². The molecule has 1 aromatic carbocycles. The molecule has 30 heavy (non-hydrogen) atoms. The molecule has 0 bridgehead atoms. The lowest BCUT2D eigenvalue weighted by Gasteiger charge is -2.31. The number of benzene rings is 1. The minimum Gasteiger partial charge on any atom is -0.467 e. The van der Waals surface area contributed by atoms with Crippen LogP contribution in [0.4, 0.5) is 0 Å². The molecule has 3 rings (SSSR count). The molecular formula is C21H23N3O5S. The number of hydrogen-bond donors (Lipinski definition) is 2. The van der Waals surface area contributed by atoms with Crippen LogP contribution in [0, 0.1) is 18.3 Å². The SMILES string of the molecule is C#CCNS(=O)(=O)c1ccc(C(=O)N2CCC(C(=O)NCc3ccco3)CC2)cc1. The molecule has 1 aliphatic rings. The minimum atomic E-state index is -3.70. The highest BCUT2D eigenvalue weighted by atomic mass is 32.2. The Morgan fingerprint density at radius 3 is 2.47 bits per heavy atom. The van der Waals surface area contributed by atoms with Crippen molar-refractivity contribution < 1.29 is 22.4 Å². The van der Waals surface area contributed by atoms with Gasteiger partial charge in [-0.15, -0.1) is 6.42 Å². The number of sulfonamides is 1. The first-order valence-corrected chi connectivity index (χ1v) is 11.0. The van der Waals surface area contributed by atoms with Gasteiger partial charge >= 0.3 is 0 Å². The molecule has 0 saturated carbocycles. The quantitative estimate of drug-likeness (QED) is 0.646. The fourth-order valence-electron chi connectivity index (χ4n) is 3.26. The molecule has 0 unspecified atom stereocenters. The van der Waals surface area contributed by atoms with Gasteiger partial charge in [0.1, 0.15) is 5.76 Å². The molecule has 0 radical (unpaired) electrons. The number of nitrogens with zero attached hydrogens (tertiary/aromatic N) is 1. The van der Waals surface area contributed by atoms with Crippen molar-refractivity contribution in [3.63, 3.8) is 0 Å². The van der Waals surface area contributed by atoms with Gasteiger partial charge in [-0.3, -0.25) is 9.59 Å². The molecule has 2 aromatic rings. The van der Waals surface area contributed by atoms with Crippen LogP contribution < -0.4 is 10.0 Å². The van der Waals surface area contributed by atoms with Crippen molar-refractivity contribution >= 4 is 21.8 Å². The maximum atomic E-state index is 12.7. The van der Waals surface area contributed by atoms with Crippen molar-refractivity contribution in [1.29, 1.82) is 0 Å². The Morgan fingerprint density at radius 2 is 1.87 bits per heavy atom. The molecule has 0 atom stereocenters. The normalized spacial score (nSPS) is 14.8. The molecule has 2 heterocycles. The standard InChI is InChI=1S/C21H23N3O5S/c1-2-11-23-30(27,28)19-7-5-17(6-8-19)21(26)24-12-9-16(10-13-24)20(25)22-15-18-4-3-14-29-18/h1,3-8,14,16,23H,9-13,15H2,(H,22,25). The molecule has 1 aliphatic heterocycles. The number of nitrogens with one attached hydrogen (secondary N) is 2. The van der Waals surface area contributed by atoms with Crippen molar-refractivity contribution in [2.75, 3.05) is 19.6 Å². The third kappa shape index (κ3) is 5.28. The Kier molecular flexibility index (Phi) is 6.92. The topological polar surface area (TPSA) is 109 Å². The molecule has 1 aromatic heterocycles. The number of likely N-dealkylation sites (tertiary alicyclic amines) is 1. The van der Waals surface area contributed by atoms with E-state index in [0.29, 0.717) is 43.8 Å². The molecular weight excluding hydrogens is 406 g/mol. The van der Waals surface area contributed by atoms with Gasteiger partial charge in [0.2, 0.25) is 15.9 Å². The fourth-order valence-corrected chi connectivity index (χ4v) is 4.19. The predicted molar refractivity (Wildman–Crippen MR) is 110 cm³/mol. The van der Waals surface area contributed by atoms with Crippen LogP contribution >= 0.6 is 0 Å². The summed E-state index contributed by atoms with van der Waals surface area (Å²) in [6.07, 6.45) is 7.76. The van der Waals surface area contributed by atoms with Gasteiger partial charge in [-0.1, -0.05) is 5.92 Å². The lowest BCUT2D eigenvalue weighted by molar-refractivity contribution is -0.126. The van der Waals surface area contributed by atoms with Crippen LogP contribution in [0.25, 0.3) is 0 Å². The van der Waals surface area contributed by atoms with Crippen molar-refractivity contribution in [3.8, 4) is 12.3 Å². The van der Waals surface area contributed by atoms with Gasteiger partial charge in [0, 0.05) is 24.6 Å². The van der Waals surface area contributed by atoms with E-state index in [-0.39, 0.29) is 29.2 Å². The van der Waals surface area contributed by atoms with Crippen molar-refractivity contribution in [2.24, 2.45) is 5.92 Å². The lowest BCUT2D eigenvalue weighted by atomic mass is 9.95. The molecule has 0 aliphatic carbocycles. The summed E-state index contributed by atoms with van der Waals surface area (Å²) in [5.74, 6) is 2.51. The summed E-state index contributed by atoms with van der Waals surface area (Å²) < 4.78 is 31.6. The second-order valence-electron chi connectivity index (χ2n) is 6.92. The summed E-state index contributed by atoms with van der Waals surface area (Å²) in [5.41, 5.74) is 0.395. The van der Waals surface area contributed by atoms with Gasteiger partial charge in [0.15, 0.2) is 0 Å². The van der Waals surface area contributed by atoms with Crippen molar-refractivity contribution in [3.05, 3.63) is 54.0 Å². The Bertz CT molecular complexity index is 1020. The van der Waals surface area contributed by atoms with Crippen LogP contribution in [0.3, 0.4) is 0 Å². The van der Waals surface area contributed by atoms with Crippen LogP contribution in [0.5, 0.6) is 0 Å². The summed E-state index contributed by atoms with van der Waals surface area (Å²) in [5, 5.41) is 2.85. The van der Waals surface area contributed by atoms with Gasteiger partial charge in [-0.2, -0.15) is 4.72 Å². The maximum absolute atomic E-state index is 12.7. The number of furan rings is 1. The Hall–Kier alpha value is -3.09. The fraction of sp³-hybridized carbons (Fsp3) is 0.333. The summed E-state index contributed by atoms with van der Waals surface area (Å²) in [4.78, 5) is 26.7. The Balaban J connectivity index is 1.52. The zero-order valence-corrected chi connectivity index (χ0v) is 17.2. The molecule has 1 fully saturated rings. The Labute approximate surface area is 175 Å². The monoisotopic (exact) mass is 429 g/mol. The number of piperidine rings is 1. The Morgan fingerprint density at radius 1 is 1.17 bits per heavy atom. The second-order valence-corrected chi connectivity index (χ2v) is 8.68. The van der Waals surface area contributed by atoms with Gasteiger partial charge in [0.05, 0.1) is 24.2 Å². The zero-order valence-electron chi connectivity index (χ0n) is 16.3. The van der Waals surface area contributed by atoms with Gasteiger partial charge < -0.3 is 14.6 Å². The molecule has 1 saturated heterocycles. The third-order valence-corrected chi connectivity index (χ3v) is 6.36. The molecule has 0 spiro atoms. The number of rotatable bonds is 7. The highest BCUT2D eigenvalue weighted by Crippen LogP contribution is 2.20. The van der Waals surface area contributed by atoms with E-state index in [1.807, 2.05) is 0 Å². The molecule has 2 amide bonds. The lowest BCUT2D eigenvalue weighted by Crippen LogP contribution is -2.42. The number of carbonyl (C=O) groups is 2. The highest BCUT2D eigenvalue weighted by Gasteiger charge is 2.28. The molecule has 2 N–H and O–H groups in total. The van der Waals surface area contributed by atoms with Crippen LogP contribution in [-0.2, 0) is 21.4 Å².